The second-order valence-corrected chi connectivity index (χ2v) is 7.90. The Morgan fingerprint density at radius 3 is 2.44 bits per heavy atom. The smallest absolute Gasteiger partial charge is 0.251 e. The summed E-state index contributed by atoms with van der Waals surface area (Å²) in [6.07, 6.45) is 0. The van der Waals surface area contributed by atoms with Crippen molar-refractivity contribution in [1.82, 2.24) is 9.62 Å². The number of carbonyl (C=O) groups excluding carboxylic acids is 1. The molecule has 1 amide bonds. The lowest BCUT2D eigenvalue weighted by Crippen LogP contribution is -2.25. The predicted molar refractivity (Wildman–Crippen MR) is 95.6 cm³/mol. The van der Waals surface area contributed by atoms with E-state index in [1.165, 1.54) is 26.2 Å². The first-order valence-corrected chi connectivity index (χ1v) is 9.16. The van der Waals surface area contributed by atoms with Crippen LogP contribution in [0, 0.1) is 0 Å². The normalized spacial score (nSPS) is 11.5. The van der Waals surface area contributed by atoms with E-state index >= 15 is 0 Å². The fourth-order valence-corrected chi connectivity index (χ4v) is 3.24. The van der Waals surface area contributed by atoms with Crippen molar-refractivity contribution in [2.45, 2.75) is 18.0 Å². The van der Waals surface area contributed by atoms with Gasteiger partial charge in [0.2, 0.25) is 10.0 Å². The van der Waals surface area contributed by atoms with Crippen LogP contribution in [-0.2, 0) is 27.9 Å². The van der Waals surface area contributed by atoms with E-state index in [1.54, 1.807) is 19.2 Å². The van der Waals surface area contributed by atoms with Crippen LogP contribution in [0.2, 0.25) is 0 Å². The van der Waals surface area contributed by atoms with Crippen molar-refractivity contribution >= 4 is 15.9 Å². The minimum atomic E-state index is -3.57. The highest BCUT2D eigenvalue weighted by molar-refractivity contribution is 7.89. The molecule has 0 saturated heterocycles. The third kappa shape index (κ3) is 4.88. The Hall–Kier alpha value is -2.22. The maximum absolute atomic E-state index is 12.3. The van der Waals surface area contributed by atoms with E-state index < -0.39 is 10.0 Å². The van der Waals surface area contributed by atoms with Gasteiger partial charge >= 0.3 is 0 Å². The summed E-state index contributed by atoms with van der Waals surface area (Å²) >= 11 is 0. The summed E-state index contributed by atoms with van der Waals surface area (Å²) in [5.41, 5.74) is 2.27. The molecule has 6 nitrogen and oxygen atoms in total. The van der Waals surface area contributed by atoms with Gasteiger partial charge in [0.1, 0.15) is 0 Å². The summed E-state index contributed by atoms with van der Waals surface area (Å²) in [6, 6.07) is 13.7. The SMILES string of the molecule is COCc1cccc(CNC(=O)c2cccc(S(=O)(=O)N(C)C)c2)c1. The number of hydrogen-bond acceptors (Lipinski definition) is 4. The fraction of sp³-hybridized carbons (Fsp3) is 0.278. The highest BCUT2D eigenvalue weighted by Crippen LogP contribution is 2.15. The number of sulfonamides is 1. The Bertz CT molecular complexity index is 848. The molecule has 0 heterocycles. The molecule has 0 aliphatic rings. The van der Waals surface area contributed by atoms with Crippen molar-refractivity contribution in [2.75, 3.05) is 21.2 Å². The van der Waals surface area contributed by atoms with Crippen molar-refractivity contribution in [2.24, 2.45) is 0 Å². The van der Waals surface area contributed by atoms with Gasteiger partial charge in [-0.3, -0.25) is 4.79 Å². The molecule has 0 bridgehead atoms. The summed E-state index contributed by atoms with van der Waals surface area (Å²) in [5, 5.41) is 2.80. The number of nitrogens with zero attached hydrogens (tertiary/aromatic N) is 1. The average molecular weight is 362 g/mol. The molecule has 1 N–H and O–H groups in total. The molecule has 0 aliphatic heterocycles. The molecule has 2 aromatic rings. The molecule has 0 aromatic heterocycles. The van der Waals surface area contributed by atoms with Crippen molar-refractivity contribution in [1.29, 1.82) is 0 Å². The molecule has 0 fully saturated rings. The van der Waals surface area contributed by atoms with Crippen molar-refractivity contribution in [3.8, 4) is 0 Å². The molecule has 0 atom stereocenters. The lowest BCUT2D eigenvalue weighted by molar-refractivity contribution is 0.0950. The van der Waals surface area contributed by atoms with Crippen molar-refractivity contribution in [3.63, 3.8) is 0 Å². The first kappa shape index (κ1) is 19.1. The molecule has 25 heavy (non-hydrogen) atoms. The third-order valence-corrected chi connectivity index (χ3v) is 5.44. The summed E-state index contributed by atoms with van der Waals surface area (Å²) in [7, 11) is 0.963. The van der Waals surface area contributed by atoms with E-state index in [4.69, 9.17) is 4.74 Å². The molecular formula is C18H22N2O4S. The number of ether oxygens (including phenoxy) is 1. The Morgan fingerprint density at radius 2 is 1.76 bits per heavy atom. The molecular weight excluding hydrogens is 340 g/mol. The minimum absolute atomic E-state index is 0.0900. The van der Waals surface area contributed by atoms with Crippen molar-refractivity contribution < 1.29 is 17.9 Å². The maximum Gasteiger partial charge on any atom is 0.251 e. The molecule has 0 saturated carbocycles. The van der Waals surface area contributed by atoms with E-state index in [9.17, 15) is 13.2 Å². The predicted octanol–water partition coefficient (Wildman–Crippen LogP) is 2.01. The van der Waals surface area contributed by atoms with E-state index in [-0.39, 0.29) is 10.8 Å². The van der Waals surface area contributed by atoms with Crippen LogP contribution >= 0.6 is 0 Å². The van der Waals surface area contributed by atoms with Crippen LogP contribution in [0.4, 0.5) is 0 Å². The fourth-order valence-electron chi connectivity index (χ4n) is 2.29. The molecule has 7 heteroatoms. The zero-order valence-electron chi connectivity index (χ0n) is 14.5. The van der Waals surface area contributed by atoms with E-state index in [0.29, 0.717) is 18.7 Å². The maximum atomic E-state index is 12.3. The van der Waals surface area contributed by atoms with Crippen LogP contribution in [0.5, 0.6) is 0 Å². The second-order valence-electron chi connectivity index (χ2n) is 5.75. The van der Waals surface area contributed by atoms with Crippen LogP contribution in [-0.4, -0.2) is 39.8 Å². The van der Waals surface area contributed by atoms with Crippen molar-refractivity contribution in [3.05, 3.63) is 65.2 Å². The Labute approximate surface area is 148 Å². The summed E-state index contributed by atoms with van der Waals surface area (Å²) in [5.74, 6) is -0.326. The summed E-state index contributed by atoms with van der Waals surface area (Å²) < 4.78 is 30.5. The van der Waals surface area contributed by atoms with Gasteiger partial charge in [-0.15, -0.1) is 0 Å². The van der Waals surface area contributed by atoms with Crippen LogP contribution in [0.15, 0.2) is 53.4 Å². The van der Waals surface area contributed by atoms with Gasteiger partial charge < -0.3 is 10.1 Å². The van der Waals surface area contributed by atoms with Gasteiger partial charge in [0.25, 0.3) is 5.91 Å². The number of amides is 1. The molecule has 0 spiro atoms. The van der Waals surface area contributed by atoms with Gasteiger partial charge in [0.15, 0.2) is 0 Å². The first-order chi connectivity index (χ1) is 11.8. The topological polar surface area (TPSA) is 75.7 Å². The Morgan fingerprint density at radius 1 is 1.08 bits per heavy atom. The van der Waals surface area contributed by atoms with Crippen LogP contribution in [0.3, 0.4) is 0 Å². The zero-order chi connectivity index (χ0) is 18.4. The van der Waals surface area contributed by atoms with Gasteiger partial charge in [-0.2, -0.15) is 0 Å². The zero-order valence-corrected chi connectivity index (χ0v) is 15.3. The average Bonchev–Trinajstić information content (AvgIpc) is 2.60. The Balaban J connectivity index is 2.10. The minimum Gasteiger partial charge on any atom is -0.380 e. The van der Waals surface area contributed by atoms with Gasteiger partial charge in [-0.25, -0.2) is 12.7 Å². The lowest BCUT2D eigenvalue weighted by atomic mass is 10.1. The number of hydrogen-bond donors (Lipinski definition) is 1. The molecule has 2 aromatic carbocycles. The van der Waals surface area contributed by atoms with E-state index in [0.717, 1.165) is 15.4 Å². The number of methoxy groups -OCH3 is 1. The standard InChI is InChI=1S/C18H22N2O4S/c1-20(2)25(22,23)17-9-5-8-16(11-17)18(21)19-12-14-6-4-7-15(10-14)13-24-3/h4-11H,12-13H2,1-3H3,(H,19,21). The highest BCUT2D eigenvalue weighted by atomic mass is 32.2. The van der Waals surface area contributed by atoms with Gasteiger partial charge in [0.05, 0.1) is 11.5 Å². The summed E-state index contributed by atoms with van der Waals surface area (Å²) in [6.45, 7) is 0.854. The Kier molecular flexibility index (Phi) is 6.30. The number of rotatable bonds is 7. The lowest BCUT2D eigenvalue weighted by Gasteiger charge is -2.12. The number of carbonyl (C=O) groups is 1. The monoisotopic (exact) mass is 362 g/mol. The highest BCUT2D eigenvalue weighted by Gasteiger charge is 2.18. The first-order valence-electron chi connectivity index (χ1n) is 7.72. The molecule has 0 radical (unpaired) electrons. The molecule has 0 unspecified atom stereocenters. The van der Waals surface area contributed by atoms with Gasteiger partial charge in [-0.05, 0) is 29.3 Å². The molecule has 2 rings (SSSR count). The van der Waals surface area contributed by atoms with Crippen LogP contribution < -0.4 is 5.32 Å². The molecule has 134 valence electrons. The van der Waals surface area contributed by atoms with Gasteiger partial charge in [0, 0.05) is 33.3 Å². The van der Waals surface area contributed by atoms with E-state index in [2.05, 4.69) is 5.32 Å². The van der Waals surface area contributed by atoms with Crippen LogP contribution in [0.1, 0.15) is 21.5 Å². The number of benzene rings is 2. The summed E-state index contributed by atoms with van der Waals surface area (Å²) in [4.78, 5) is 12.4. The van der Waals surface area contributed by atoms with Crippen LogP contribution in [0.25, 0.3) is 0 Å². The number of nitrogens with one attached hydrogen (secondary N) is 1. The van der Waals surface area contributed by atoms with E-state index in [1.807, 2.05) is 24.3 Å². The quantitative estimate of drug-likeness (QED) is 0.818. The van der Waals surface area contributed by atoms with Gasteiger partial charge in [-0.1, -0.05) is 30.3 Å². The molecule has 0 aliphatic carbocycles. The second kappa shape index (κ2) is 8.24. The largest absolute Gasteiger partial charge is 0.380 e. The third-order valence-electron chi connectivity index (χ3n) is 3.63.